The van der Waals surface area contributed by atoms with Crippen LogP contribution in [0.1, 0.15) is 25.8 Å². The highest BCUT2D eigenvalue weighted by atomic mass is 15.1. The van der Waals surface area contributed by atoms with Crippen LogP contribution in [0.3, 0.4) is 0 Å². The molecule has 0 aliphatic heterocycles. The largest absolute Gasteiger partial charge is 0.300 e. The van der Waals surface area contributed by atoms with Crippen molar-refractivity contribution in [1.82, 2.24) is 4.90 Å². The summed E-state index contributed by atoms with van der Waals surface area (Å²) in [6.07, 6.45) is 15.2. The number of rotatable bonds is 9. The molecule has 1 aromatic carbocycles. The summed E-state index contributed by atoms with van der Waals surface area (Å²) in [6.45, 7) is 7.71. The van der Waals surface area contributed by atoms with Crippen molar-refractivity contribution in [1.29, 1.82) is 0 Å². The third-order valence-corrected chi connectivity index (χ3v) is 3.28. The standard InChI is InChI=1S/C19H27N/c1-3-20(4-2)18-14-9-7-5-6-8-11-15-19-16-12-10-13-17-19/h5-6,8-14,16-17H,3-4,7,15,18H2,1-2H3/b6-5-,11-8-,14-9-. The SMILES string of the molecule is CCN(CC)C/C=C\C/C=C\C=C/Cc1ccccc1. The van der Waals surface area contributed by atoms with E-state index in [9.17, 15) is 0 Å². The Morgan fingerprint density at radius 1 is 0.850 bits per heavy atom. The molecule has 1 rings (SSSR count). The molecule has 0 spiro atoms. The van der Waals surface area contributed by atoms with E-state index in [1.807, 2.05) is 0 Å². The van der Waals surface area contributed by atoms with Crippen molar-refractivity contribution in [2.75, 3.05) is 19.6 Å². The Labute approximate surface area is 124 Å². The predicted octanol–water partition coefficient (Wildman–Crippen LogP) is 4.63. The molecule has 0 aliphatic rings. The fourth-order valence-electron chi connectivity index (χ4n) is 1.93. The topological polar surface area (TPSA) is 3.24 Å². The first kappa shape index (κ1) is 16.5. The molecule has 1 nitrogen and oxygen atoms in total. The van der Waals surface area contributed by atoms with E-state index in [0.29, 0.717) is 0 Å². The van der Waals surface area contributed by atoms with E-state index in [1.54, 1.807) is 0 Å². The molecular weight excluding hydrogens is 242 g/mol. The van der Waals surface area contributed by atoms with Crippen LogP contribution < -0.4 is 0 Å². The van der Waals surface area contributed by atoms with Gasteiger partial charge in [-0.1, -0.05) is 80.6 Å². The third-order valence-electron chi connectivity index (χ3n) is 3.28. The molecule has 0 saturated carbocycles. The molecule has 1 aromatic rings. The van der Waals surface area contributed by atoms with Gasteiger partial charge in [-0.05, 0) is 31.5 Å². The quantitative estimate of drug-likeness (QED) is 0.466. The van der Waals surface area contributed by atoms with Crippen LogP contribution in [0.15, 0.2) is 66.8 Å². The Bertz CT molecular complexity index is 411. The number of hydrogen-bond donors (Lipinski definition) is 0. The molecule has 0 aromatic heterocycles. The minimum Gasteiger partial charge on any atom is -0.300 e. The molecule has 1 heteroatoms. The molecule has 0 radical (unpaired) electrons. The molecule has 0 amide bonds. The number of benzene rings is 1. The Balaban J connectivity index is 2.14. The summed E-state index contributed by atoms with van der Waals surface area (Å²) >= 11 is 0. The van der Waals surface area contributed by atoms with Crippen LogP contribution in [0.4, 0.5) is 0 Å². The first-order valence-electron chi connectivity index (χ1n) is 7.59. The Hall–Kier alpha value is -1.60. The van der Waals surface area contributed by atoms with Gasteiger partial charge in [0.05, 0.1) is 0 Å². The number of likely N-dealkylation sites (N-methyl/N-ethyl adjacent to an activating group) is 1. The van der Waals surface area contributed by atoms with Crippen LogP contribution in [0, 0.1) is 0 Å². The highest BCUT2D eigenvalue weighted by Gasteiger charge is 1.92. The van der Waals surface area contributed by atoms with Gasteiger partial charge in [0.1, 0.15) is 0 Å². The Kier molecular flexibility index (Phi) is 9.25. The van der Waals surface area contributed by atoms with Crippen molar-refractivity contribution < 1.29 is 0 Å². The lowest BCUT2D eigenvalue weighted by atomic mass is 10.1. The molecule has 0 atom stereocenters. The summed E-state index contributed by atoms with van der Waals surface area (Å²) in [6, 6.07) is 10.5. The lowest BCUT2D eigenvalue weighted by Crippen LogP contribution is -2.22. The van der Waals surface area contributed by atoms with Crippen molar-refractivity contribution in [3.63, 3.8) is 0 Å². The van der Waals surface area contributed by atoms with Gasteiger partial charge in [-0.25, -0.2) is 0 Å². The first-order chi connectivity index (χ1) is 9.86. The molecule has 108 valence electrons. The molecular formula is C19H27N. The average molecular weight is 269 g/mol. The lowest BCUT2D eigenvalue weighted by Gasteiger charge is -2.14. The second kappa shape index (κ2) is 11.2. The monoisotopic (exact) mass is 269 g/mol. The van der Waals surface area contributed by atoms with Crippen molar-refractivity contribution >= 4 is 0 Å². The molecule has 0 saturated heterocycles. The van der Waals surface area contributed by atoms with Gasteiger partial charge in [0, 0.05) is 6.54 Å². The highest BCUT2D eigenvalue weighted by Crippen LogP contribution is 2.00. The fraction of sp³-hybridized carbons (Fsp3) is 0.368. The van der Waals surface area contributed by atoms with Crippen LogP contribution >= 0.6 is 0 Å². The van der Waals surface area contributed by atoms with Gasteiger partial charge in [0.15, 0.2) is 0 Å². The summed E-state index contributed by atoms with van der Waals surface area (Å²) in [7, 11) is 0. The number of allylic oxidation sites excluding steroid dienone is 5. The molecule has 0 unspecified atom stereocenters. The normalized spacial score (nSPS) is 12.3. The van der Waals surface area contributed by atoms with Crippen molar-refractivity contribution in [3.8, 4) is 0 Å². The smallest absolute Gasteiger partial charge is 0.0163 e. The molecule has 0 heterocycles. The van der Waals surface area contributed by atoms with Gasteiger partial charge in [-0.3, -0.25) is 0 Å². The third kappa shape index (κ3) is 7.75. The van der Waals surface area contributed by atoms with Gasteiger partial charge in [0.25, 0.3) is 0 Å². The average Bonchev–Trinajstić information content (AvgIpc) is 2.50. The van der Waals surface area contributed by atoms with E-state index in [4.69, 9.17) is 0 Å². The molecule has 0 fully saturated rings. The Morgan fingerprint density at radius 2 is 1.55 bits per heavy atom. The zero-order valence-electron chi connectivity index (χ0n) is 12.8. The van der Waals surface area contributed by atoms with Gasteiger partial charge in [-0.2, -0.15) is 0 Å². The van der Waals surface area contributed by atoms with Crippen molar-refractivity contribution in [3.05, 3.63) is 72.4 Å². The van der Waals surface area contributed by atoms with Crippen LogP contribution in [-0.4, -0.2) is 24.5 Å². The van der Waals surface area contributed by atoms with E-state index in [-0.39, 0.29) is 0 Å². The van der Waals surface area contributed by atoms with E-state index >= 15 is 0 Å². The van der Waals surface area contributed by atoms with Gasteiger partial charge in [0.2, 0.25) is 0 Å². The summed E-state index contributed by atoms with van der Waals surface area (Å²) in [4.78, 5) is 2.40. The van der Waals surface area contributed by atoms with Crippen LogP contribution in [-0.2, 0) is 6.42 Å². The van der Waals surface area contributed by atoms with Gasteiger partial charge in [-0.15, -0.1) is 0 Å². The molecule has 20 heavy (non-hydrogen) atoms. The van der Waals surface area contributed by atoms with Crippen LogP contribution in [0.25, 0.3) is 0 Å². The second-order valence-electron chi connectivity index (χ2n) is 4.74. The molecule has 0 N–H and O–H groups in total. The van der Waals surface area contributed by atoms with E-state index in [0.717, 1.165) is 32.5 Å². The van der Waals surface area contributed by atoms with Crippen LogP contribution in [0.2, 0.25) is 0 Å². The minimum atomic E-state index is 1.00. The molecule has 0 bridgehead atoms. The number of nitrogens with zero attached hydrogens (tertiary/aromatic N) is 1. The summed E-state index contributed by atoms with van der Waals surface area (Å²) < 4.78 is 0. The summed E-state index contributed by atoms with van der Waals surface area (Å²) in [5.74, 6) is 0. The summed E-state index contributed by atoms with van der Waals surface area (Å²) in [5, 5.41) is 0. The number of hydrogen-bond acceptors (Lipinski definition) is 1. The second-order valence-corrected chi connectivity index (χ2v) is 4.74. The maximum atomic E-state index is 2.40. The predicted molar refractivity (Wildman–Crippen MR) is 90.0 cm³/mol. The van der Waals surface area contributed by atoms with Crippen LogP contribution in [0.5, 0.6) is 0 Å². The fourth-order valence-corrected chi connectivity index (χ4v) is 1.93. The zero-order chi connectivity index (χ0) is 14.5. The van der Waals surface area contributed by atoms with Crippen molar-refractivity contribution in [2.24, 2.45) is 0 Å². The van der Waals surface area contributed by atoms with Gasteiger partial charge >= 0.3 is 0 Å². The highest BCUT2D eigenvalue weighted by molar-refractivity contribution is 5.18. The summed E-state index contributed by atoms with van der Waals surface area (Å²) in [5.41, 5.74) is 1.36. The van der Waals surface area contributed by atoms with E-state index in [2.05, 4.69) is 85.5 Å². The van der Waals surface area contributed by atoms with Crippen molar-refractivity contribution in [2.45, 2.75) is 26.7 Å². The van der Waals surface area contributed by atoms with E-state index < -0.39 is 0 Å². The first-order valence-corrected chi connectivity index (χ1v) is 7.59. The minimum absolute atomic E-state index is 1.00. The zero-order valence-corrected chi connectivity index (χ0v) is 12.8. The maximum Gasteiger partial charge on any atom is 0.0163 e. The molecule has 0 aliphatic carbocycles. The Morgan fingerprint density at radius 3 is 2.25 bits per heavy atom. The maximum absolute atomic E-state index is 2.40. The van der Waals surface area contributed by atoms with Gasteiger partial charge < -0.3 is 4.90 Å². The van der Waals surface area contributed by atoms with E-state index in [1.165, 1.54) is 5.56 Å². The lowest BCUT2D eigenvalue weighted by molar-refractivity contribution is 0.337.